The average molecular weight is 496 g/mol. The fourth-order valence-electron chi connectivity index (χ4n) is 4.18. The van der Waals surface area contributed by atoms with E-state index >= 15 is 0 Å². The summed E-state index contributed by atoms with van der Waals surface area (Å²) in [5.41, 5.74) is 4.06. The van der Waals surface area contributed by atoms with Crippen LogP contribution in [-0.4, -0.2) is 32.7 Å². The number of alkyl halides is 3. The van der Waals surface area contributed by atoms with Crippen LogP contribution < -0.4 is 5.32 Å². The molecule has 1 heterocycles. The van der Waals surface area contributed by atoms with Crippen molar-refractivity contribution in [2.75, 3.05) is 5.32 Å². The zero-order valence-corrected chi connectivity index (χ0v) is 19.7. The lowest BCUT2D eigenvalue weighted by Crippen LogP contribution is -2.29. The van der Waals surface area contributed by atoms with E-state index in [-0.39, 0.29) is 11.3 Å². The smallest absolute Gasteiger partial charge is 0.471 e. The molecule has 0 saturated carbocycles. The number of nitrogens with zero attached hydrogens (tertiary/aromatic N) is 2. The van der Waals surface area contributed by atoms with Gasteiger partial charge in [0, 0.05) is 17.8 Å². The van der Waals surface area contributed by atoms with Crippen molar-refractivity contribution >= 4 is 28.6 Å². The highest BCUT2D eigenvalue weighted by Gasteiger charge is 2.38. The Labute approximate surface area is 205 Å². The number of aryl methyl sites for hydroxylation is 2. The predicted octanol–water partition coefficient (Wildman–Crippen LogP) is 6.54. The summed E-state index contributed by atoms with van der Waals surface area (Å²) in [6, 6.07) is 17.0. The lowest BCUT2D eigenvalue weighted by Gasteiger charge is -2.13. The number of amides is 1. The molecule has 0 spiro atoms. The summed E-state index contributed by atoms with van der Waals surface area (Å²) in [6.07, 6.45) is -2.55. The zero-order valence-electron chi connectivity index (χ0n) is 19.7. The van der Waals surface area contributed by atoms with Gasteiger partial charge in [0.25, 0.3) is 0 Å². The van der Waals surface area contributed by atoms with Gasteiger partial charge in [0.2, 0.25) is 0 Å². The van der Waals surface area contributed by atoms with Crippen LogP contribution in [0.5, 0.6) is 0 Å². The Kier molecular flexibility index (Phi) is 6.83. The minimum absolute atomic E-state index is 0.00972. The number of nitrogens with one attached hydrogen (secondary N) is 1. The maximum Gasteiger partial charge on any atom is 0.471 e. The van der Waals surface area contributed by atoms with Crippen molar-refractivity contribution in [1.82, 2.24) is 9.55 Å². The molecule has 36 heavy (non-hydrogen) atoms. The van der Waals surface area contributed by atoms with Gasteiger partial charge >= 0.3 is 18.1 Å². The lowest BCUT2D eigenvalue weighted by atomic mass is 9.96. The summed E-state index contributed by atoms with van der Waals surface area (Å²) >= 11 is 0. The third-order valence-electron chi connectivity index (χ3n) is 5.92. The Morgan fingerprint density at radius 2 is 1.78 bits per heavy atom. The number of carboxylic acids is 1. The first kappa shape index (κ1) is 25.0. The molecule has 0 atom stereocenters. The molecule has 9 heteroatoms. The monoisotopic (exact) mass is 495 g/mol. The summed E-state index contributed by atoms with van der Waals surface area (Å²) in [4.78, 5) is 27.9. The predicted molar refractivity (Wildman–Crippen MR) is 131 cm³/mol. The van der Waals surface area contributed by atoms with Gasteiger partial charge in [-0.2, -0.15) is 13.2 Å². The molecule has 0 aliphatic rings. The van der Waals surface area contributed by atoms with Gasteiger partial charge in [-0.3, -0.25) is 9.36 Å². The van der Waals surface area contributed by atoms with Gasteiger partial charge in [0.15, 0.2) is 0 Å². The average Bonchev–Trinajstić information content (AvgIpc) is 3.19. The second-order valence-electron chi connectivity index (χ2n) is 8.47. The van der Waals surface area contributed by atoms with Crippen molar-refractivity contribution in [3.05, 3.63) is 77.6 Å². The fourth-order valence-corrected chi connectivity index (χ4v) is 4.18. The number of unbranched alkanes of at least 4 members (excludes halogenated alkanes) is 1. The van der Waals surface area contributed by atoms with Crippen molar-refractivity contribution in [1.29, 1.82) is 0 Å². The molecule has 0 bridgehead atoms. The SMILES string of the molecule is CCCCc1nc2ccc(NC(=O)C(F)(F)F)cc2n1-c1ccc(-c2cccc(C)c2C(=O)O)cc1. The van der Waals surface area contributed by atoms with Crippen LogP contribution in [0.15, 0.2) is 60.7 Å². The van der Waals surface area contributed by atoms with E-state index in [2.05, 4.69) is 11.9 Å². The van der Waals surface area contributed by atoms with Gasteiger partial charge in [-0.15, -0.1) is 0 Å². The molecule has 0 unspecified atom stereocenters. The van der Waals surface area contributed by atoms with E-state index in [1.165, 1.54) is 12.1 Å². The molecule has 0 aliphatic carbocycles. The first-order valence-electron chi connectivity index (χ1n) is 11.4. The van der Waals surface area contributed by atoms with Crippen LogP contribution in [0.3, 0.4) is 0 Å². The third kappa shape index (κ3) is 4.95. The Morgan fingerprint density at radius 3 is 2.42 bits per heavy atom. The van der Waals surface area contributed by atoms with E-state index in [1.54, 1.807) is 43.3 Å². The number of benzene rings is 3. The van der Waals surface area contributed by atoms with E-state index in [1.807, 2.05) is 22.0 Å². The van der Waals surface area contributed by atoms with Crippen LogP contribution in [-0.2, 0) is 11.2 Å². The number of imidazole rings is 1. The minimum Gasteiger partial charge on any atom is -0.478 e. The van der Waals surface area contributed by atoms with Gasteiger partial charge < -0.3 is 10.4 Å². The van der Waals surface area contributed by atoms with Crippen molar-refractivity contribution in [3.8, 4) is 16.8 Å². The highest BCUT2D eigenvalue weighted by molar-refractivity contribution is 5.98. The first-order valence-corrected chi connectivity index (χ1v) is 11.4. The molecule has 186 valence electrons. The Hall–Kier alpha value is -4.14. The van der Waals surface area contributed by atoms with Gasteiger partial charge in [0.1, 0.15) is 5.82 Å². The number of anilines is 1. The summed E-state index contributed by atoms with van der Waals surface area (Å²) < 4.78 is 40.1. The second-order valence-corrected chi connectivity index (χ2v) is 8.47. The molecule has 0 saturated heterocycles. The highest BCUT2D eigenvalue weighted by Crippen LogP contribution is 2.30. The molecule has 0 fully saturated rings. The summed E-state index contributed by atoms with van der Waals surface area (Å²) in [5, 5.41) is 11.6. The van der Waals surface area contributed by atoms with E-state index in [0.29, 0.717) is 28.6 Å². The van der Waals surface area contributed by atoms with E-state index in [9.17, 15) is 27.9 Å². The zero-order chi connectivity index (χ0) is 26.0. The van der Waals surface area contributed by atoms with Crippen molar-refractivity contribution in [2.24, 2.45) is 0 Å². The lowest BCUT2D eigenvalue weighted by molar-refractivity contribution is -0.167. The second kappa shape index (κ2) is 9.85. The molecule has 6 nitrogen and oxygen atoms in total. The molecule has 1 aromatic heterocycles. The van der Waals surface area contributed by atoms with Crippen LogP contribution in [0.25, 0.3) is 27.8 Å². The number of rotatable bonds is 7. The fraction of sp³-hybridized carbons (Fsp3) is 0.222. The number of carbonyl (C=O) groups is 2. The summed E-state index contributed by atoms with van der Waals surface area (Å²) in [5.74, 6) is -2.32. The minimum atomic E-state index is -5.00. The van der Waals surface area contributed by atoms with Crippen LogP contribution in [0.4, 0.5) is 18.9 Å². The topological polar surface area (TPSA) is 84.2 Å². The van der Waals surface area contributed by atoms with Gasteiger partial charge in [-0.05, 0) is 60.4 Å². The molecule has 3 aromatic carbocycles. The van der Waals surface area contributed by atoms with E-state index in [0.717, 1.165) is 29.9 Å². The number of aromatic carboxylic acids is 1. The van der Waals surface area contributed by atoms with E-state index in [4.69, 9.17) is 0 Å². The van der Waals surface area contributed by atoms with Gasteiger partial charge in [-0.25, -0.2) is 9.78 Å². The number of aromatic nitrogens is 2. The summed E-state index contributed by atoms with van der Waals surface area (Å²) in [7, 11) is 0. The van der Waals surface area contributed by atoms with Crippen LogP contribution in [0, 0.1) is 6.92 Å². The Bertz CT molecular complexity index is 1440. The number of hydrogen-bond donors (Lipinski definition) is 2. The van der Waals surface area contributed by atoms with Crippen molar-refractivity contribution in [2.45, 2.75) is 39.3 Å². The molecule has 4 rings (SSSR count). The number of carbonyl (C=O) groups excluding carboxylic acids is 1. The molecule has 1 amide bonds. The van der Waals surface area contributed by atoms with Crippen LogP contribution in [0.1, 0.15) is 41.5 Å². The third-order valence-corrected chi connectivity index (χ3v) is 5.92. The first-order chi connectivity index (χ1) is 17.1. The maximum atomic E-state index is 12.8. The van der Waals surface area contributed by atoms with E-state index < -0.39 is 18.1 Å². The van der Waals surface area contributed by atoms with Gasteiger partial charge in [-0.1, -0.05) is 43.7 Å². The van der Waals surface area contributed by atoms with Crippen molar-refractivity contribution < 1.29 is 27.9 Å². The summed E-state index contributed by atoms with van der Waals surface area (Å²) in [6.45, 7) is 3.79. The Balaban J connectivity index is 1.80. The van der Waals surface area contributed by atoms with Crippen LogP contribution >= 0.6 is 0 Å². The molecule has 2 N–H and O–H groups in total. The largest absolute Gasteiger partial charge is 0.478 e. The van der Waals surface area contributed by atoms with Gasteiger partial charge in [0.05, 0.1) is 16.6 Å². The Morgan fingerprint density at radius 1 is 1.06 bits per heavy atom. The standard InChI is InChI=1S/C27H24F3N3O3/c1-3-4-8-23-32-21-14-11-18(31-26(36)27(28,29)30)15-22(21)33(23)19-12-9-17(10-13-19)20-7-5-6-16(2)24(20)25(34)35/h5-7,9-15H,3-4,8H2,1-2H3,(H,31,36)(H,34,35). The number of carboxylic acid groups (broad SMARTS) is 1. The molecule has 0 radical (unpaired) electrons. The van der Waals surface area contributed by atoms with Crippen LogP contribution in [0.2, 0.25) is 0 Å². The molecular formula is C27H24F3N3O3. The highest BCUT2D eigenvalue weighted by atomic mass is 19.4. The molecular weight excluding hydrogens is 471 g/mol. The van der Waals surface area contributed by atoms with Crippen molar-refractivity contribution in [3.63, 3.8) is 0 Å². The molecule has 4 aromatic rings. The quantitative estimate of drug-likeness (QED) is 0.305. The number of fused-ring (bicyclic) bond motifs is 1. The maximum absolute atomic E-state index is 12.8. The normalized spacial score (nSPS) is 11.6. The molecule has 0 aliphatic heterocycles. The number of halogens is 3. The number of hydrogen-bond acceptors (Lipinski definition) is 3.